The van der Waals surface area contributed by atoms with Gasteiger partial charge in [-0.05, 0) is 13.0 Å². The third kappa shape index (κ3) is 2.16. The Labute approximate surface area is 81.5 Å². The van der Waals surface area contributed by atoms with Gasteiger partial charge >= 0.3 is 0 Å². The highest BCUT2D eigenvalue weighted by atomic mass is 32.1. The Hall–Kier alpha value is -0.680. The van der Waals surface area contributed by atoms with Crippen molar-refractivity contribution in [3.63, 3.8) is 0 Å². The maximum absolute atomic E-state index is 5.64. The number of rotatable bonds is 3. The molecule has 1 saturated heterocycles. The molecule has 2 rings (SSSR count). The highest BCUT2D eigenvalue weighted by Crippen LogP contribution is 2.17. The maximum Gasteiger partial charge on any atom is 0.293 e. The second-order valence-electron chi connectivity index (χ2n) is 3.06. The predicted molar refractivity (Wildman–Crippen MR) is 51.2 cm³/mol. The summed E-state index contributed by atoms with van der Waals surface area (Å²) in [5, 5.41) is 3.96. The molecule has 1 atom stereocenters. The molecule has 4 nitrogen and oxygen atoms in total. The van der Waals surface area contributed by atoms with Gasteiger partial charge in [-0.3, -0.25) is 0 Å². The second kappa shape index (κ2) is 4.02. The molecule has 13 heavy (non-hydrogen) atoms. The third-order valence-electron chi connectivity index (χ3n) is 2.05. The molecule has 0 radical (unpaired) electrons. The number of aryl methyl sites for hydroxylation is 1. The van der Waals surface area contributed by atoms with Crippen molar-refractivity contribution in [1.82, 2.24) is 14.7 Å². The number of nitrogens with one attached hydrogen (secondary N) is 1. The molecule has 72 valence electrons. The first-order valence-electron chi connectivity index (χ1n) is 4.58. The molecule has 0 saturated carbocycles. The van der Waals surface area contributed by atoms with Crippen molar-refractivity contribution in [3.05, 3.63) is 5.82 Å². The molecule has 0 aliphatic carbocycles. The summed E-state index contributed by atoms with van der Waals surface area (Å²) < 4.78 is 9.80. The minimum atomic E-state index is 0.289. The molecule has 5 heteroatoms. The van der Waals surface area contributed by atoms with Crippen molar-refractivity contribution >= 4 is 11.5 Å². The van der Waals surface area contributed by atoms with Gasteiger partial charge in [-0.1, -0.05) is 6.92 Å². The van der Waals surface area contributed by atoms with E-state index < -0.39 is 0 Å². The molecule has 1 aliphatic heterocycles. The van der Waals surface area contributed by atoms with Crippen molar-refractivity contribution in [3.8, 4) is 5.19 Å². The Bertz CT molecular complexity index is 270. The van der Waals surface area contributed by atoms with Crippen molar-refractivity contribution < 1.29 is 4.74 Å². The SMILES string of the molecule is CCc1nsc(OC2CCNC2)n1. The fourth-order valence-corrected chi connectivity index (χ4v) is 1.98. The highest BCUT2D eigenvalue weighted by molar-refractivity contribution is 7.07. The van der Waals surface area contributed by atoms with Crippen LogP contribution in [0.5, 0.6) is 5.19 Å². The number of aromatic nitrogens is 2. The lowest BCUT2D eigenvalue weighted by molar-refractivity contribution is 0.221. The molecule has 1 fully saturated rings. The summed E-state index contributed by atoms with van der Waals surface area (Å²) in [5.74, 6) is 0.881. The van der Waals surface area contributed by atoms with E-state index in [2.05, 4.69) is 14.7 Å². The van der Waals surface area contributed by atoms with Crippen LogP contribution in [0.2, 0.25) is 0 Å². The average Bonchev–Trinajstić information content (AvgIpc) is 2.76. The van der Waals surface area contributed by atoms with Gasteiger partial charge in [0.15, 0.2) is 0 Å². The van der Waals surface area contributed by atoms with Crippen molar-refractivity contribution in [2.75, 3.05) is 13.1 Å². The molecule has 0 spiro atoms. The Morgan fingerprint density at radius 3 is 3.23 bits per heavy atom. The van der Waals surface area contributed by atoms with Gasteiger partial charge in [0.1, 0.15) is 11.9 Å². The van der Waals surface area contributed by atoms with Gasteiger partial charge in [-0.2, -0.15) is 9.36 Å². The van der Waals surface area contributed by atoms with Crippen LogP contribution in [0.15, 0.2) is 0 Å². The molecular weight excluding hydrogens is 186 g/mol. The van der Waals surface area contributed by atoms with Crippen LogP contribution in [0.3, 0.4) is 0 Å². The number of ether oxygens (including phenoxy) is 1. The van der Waals surface area contributed by atoms with E-state index in [1.165, 1.54) is 11.5 Å². The van der Waals surface area contributed by atoms with Crippen molar-refractivity contribution in [2.45, 2.75) is 25.9 Å². The number of hydrogen-bond acceptors (Lipinski definition) is 5. The fourth-order valence-electron chi connectivity index (χ4n) is 1.30. The van der Waals surface area contributed by atoms with Crippen molar-refractivity contribution in [1.29, 1.82) is 0 Å². The molecule has 1 aromatic heterocycles. The molecule has 1 aliphatic rings. The van der Waals surface area contributed by atoms with E-state index in [1.807, 2.05) is 6.92 Å². The Morgan fingerprint density at radius 1 is 1.69 bits per heavy atom. The lowest BCUT2D eigenvalue weighted by Gasteiger charge is -2.07. The van der Waals surface area contributed by atoms with Crippen LogP contribution in [-0.2, 0) is 6.42 Å². The first kappa shape index (κ1) is 8.90. The monoisotopic (exact) mass is 199 g/mol. The van der Waals surface area contributed by atoms with Crippen LogP contribution in [0.1, 0.15) is 19.2 Å². The zero-order valence-corrected chi connectivity index (χ0v) is 8.43. The molecule has 1 unspecified atom stereocenters. The van der Waals surface area contributed by atoms with Crippen molar-refractivity contribution in [2.24, 2.45) is 0 Å². The van der Waals surface area contributed by atoms with Gasteiger partial charge < -0.3 is 10.1 Å². The van der Waals surface area contributed by atoms with Gasteiger partial charge in [0, 0.05) is 24.5 Å². The minimum Gasteiger partial charge on any atom is -0.464 e. The average molecular weight is 199 g/mol. The summed E-state index contributed by atoms with van der Waals surface area (Å²) in [5.41, 5.74) is 0. The van der Waals surface area contributed by atoms with E-state index in [9.17, 15) is 0 Å². The summed E-state index contributed by atoms with van der Waals surface area (Å²) in [4.78, 5) is 4.25. The van der Waals surface area contributed by atoms with Crippen LogP contribution < -0.4 is 10.1 Å². The second-order valence-corrected chi connectivity index (χ2v) is 3.78. The summed E-state index contributed by atoms with van der Waals surface area (Å²) in [7, 11) is 0. The van der Waals surface area contributed by atoms with Gasteiger partial charge in [0.2, 0.25) is 0 Å². The smallest absolute Gasteiger partial charge is 0.293 e. The Morgan fingerprint density at radius 2 is 2.62 bits per heavy atom. The van der Waals surface area contributed by atoms with Gasteiger partial charge in [-0.15, -0.1) is 0 Å². The first-order chi connectivity index (χ1) is 6.38. The Kier molecular flexibility index (Phi) is 2.75. The van der Waals surface area contributed by atoms with E-state index in [0.29, 0.717) is 5.19 Å². The normalized spacial score (nSPS) is 22.1. The zero-order valence-electron chi connectivity index (χ0n) is 7.62. The van der Waals surface area contributed by atoms with Crippen LogP contribution >= 0.6 is 11.5 Å². The first-order valence-corrected chi connectivity index (χ1v) is 5.36. The van der Waals surface area contributed by atoms with E-state index in [-0.39, 0.29) is 6.10 Å². The predicted octanol–water partition coefficient (Wildman–Crippen LogP) is 0.841. The number of nitrogens with zero attached hydrogens (tertiary/aromatic N) is 2. The molecule has 1 N–H and O–H groups in total. The largest absolute Gasteiger partial charge is 0.464 e. The van der Waals surface area contributed by atoms with Gasteiger partial charge in [-0.25, -0.2) is 0 Å². The molecule has 0 bridgehead atoms. The molecule has 2 heterocycles. The third-order valence-corrected chi connectivity index (χ3v) is 2.69. The molecular formula is C8H13N3OS. The quantitative estimate of drug-likeness (QED) is 0.783. The van der Waals surface area contributed by atoms with E-state index >= 15 is 0 Å². The summed E-state index contributed by atoms with van der Waals surface area (Å²) in [6.45, 7) is 4.02. The van der Waals surface area contributed by atoms with Gasteiger partial charge in [0.25, 0.3) is 5.19 Å². The molecule has 1 aromatic rings. The fraction of sp³-hybridized carbons (Fsp3) is 0.750. The number of hydrogen-bond donors (Lipinski definition) is 1. The summed E-state index contributed by atoms with van der Waals surface area (Å²) in [6, 6.07) is 0. The maximum atomic E-state index is 5.64. The lowest BCUT2D eigenvalue weighted by Crippen LogP contribution is -2.19. The molecule has 0 aromatic carbocycles. The van der Waals surface area contributed by atoms with E-state index in [4.69, 9.17) is 4.74 Å². The topological polar surface area (TPSA) is 47.0 Å². The zero-order chi connectivity index (χ0) is 9.10. The minimum absolute atomic E-state index is 0.289. The van der Waals surface area contributed by atoms with E-state index in [0.717, 1.165) is 31.8 Å². The molecule has 0 amide bonds. The van der Waals surface area contributed by atoms with Crippen LogP contribution in [0.4, 0.5) is 0 Å². The van der Waals surface area contributed by atoms with Gasteiger partial charge in [0.05, 0.1) is 0 Å². The summed E-state index contributed by atoms with van der Waals surface area (Å²) >= 11 is 1.35. The van der Waals surface area contributed by atoms with E-state index in [1.54, 1.807) is 0 Å². The van der Waals surface area contributed by atoms with Crippen LogP contribution in [0, 0.1) is 0 Å². The summed E-state index contributed by atoms with van der Waals surface area (Å²) in [6.07, 6.45) is 2.24. The van der Waals surface area contributed by atoms with Crippen LogP contribution in [0.25, 0.3) is 0 Å². The highest BCUT2D eigenvalue weighted by Gasteiger charge is 2.17. The Balaban J connectivity index is 1.92. The van der Waals surface area contributed by atoms with Crippen LogP contribution in [-0.4, -0.2) is 28.6 Å². The standard InChI is InChI=1S/C8H13N3OS/c1-2-7-10-8(13-11-7)12-6-3-4-9-5-6/h6,9H,2-5H2,1H3. The lowest BCUT2D eigenvalue weighted by atomic mass is 10.3.